The molecular formula is C14H17FN2O4. The number of benzene rings is 1. The van der Waals surface area contributed by atoms with Crippen LogP contribution >= 0.6 is 0 Å². The molecule has 6 nitrogen and oxygen atoms in total. The molecule has 2 N–H and O–H groups in total. The predicted octanol–water partition coefficient (Wildman–Crippen LogP) is 0.335. The molecule has 0 heterocycles. The van der Waals surface area contributed by atoms with Crippen LogP contribution in [0.4, 0.5) is 10.1 Å². The first-order chi connectivity index (χ1) is 10.1. The smallest absolute Gasteiger partial charge is 0.224 e. The van der Waals surface area contributed by atoms with Crippen LogP contribution in [0.25, 0.3) is 0 Å². The number of ether oxygens (including phenoxy) is 2. The summed E-state index contributed by atoms with van der Waals surface area (Å²) >= 11 is 0. The summed E-state index contributed by atoms with van der Waals surface area (Å²) < 4.78 is 22.8. The van der Waals surface area contributed by atoms with Crippen molar-refractivity contribution >= 4 is 17.3 Å². The normalized spacial score (nSPS) is 21.5. The third kappa shape index (κ3) is 3.44. The maximum atomic E-state index is 12.8. The Balaban J connectivity index is 1.95. The Morgan fingerprint density at radius 3 is 2.24 bits per heavy atom. The van der Waals surface area contributed by atoms with Crippen molar-refractivity contribution in [2.45, 2.75) is 18.4 Å². The van der Waals surface area contributed by atoms with E-state index in [-0.39, 0.29) is 12.4 Å². The van der Waals surface area contributed by atoms with Gasteiger partial charge in [-0.2, -0.15) is 0 Å². The Kier molecular flexibility index (Phi) is 5.00. The van der Waals surface area contributed by atoms with Gasteiger partial charge in [-0.05, 0) is 24.3 Å². The van der Waals surface area contributed by atoms with Crippen molar-refractivity contribution in [2.24, 2.45) is 0 Å². The van der Waals surface area contributed by atoms with Crippen LogP contribution in [0, 0.1) is 5.82 Å². The molecule has 1 saturated carbocycles. The largest absolute Gasteiger partial charge is 0.373 e. The fourth-order valence-corrected chi connectivity index (χ4v) is 2.08. The first kappa shape index (κ1) is 15.6. The van der Waals surface area contributed by atoms with Gasteiger partial charge in [0.05, 0.1) is 0 Å². The van der Waals surface area contributed by atoms with Gasteiger partial charge < -0.3 is 14.8 Å². The molecule has 7 heteroatoms. The first-order valence-corrected chi connectivity index (χ1v) is 6.46. The second kappa shape index (κ2) is 6.75. The number of methoxy groups -OCH3 is 2. The second-order valence-electron chi connectivity index (χ2n) is 4.64. The number of ketones is 2. The number of anilines is 1. The summed E-state index contributed by atoms with van der Waals surface area (Å²) in [4.78, 5) is 23.3. The molecule has 114 valence electrons. The van der Waals surface area contributed by atoms with E-state index in [1.165, 1.54) is 38.5 Å². The number of carbonyl (C=O) groups is 2. The molecule has 1 fully saturated rings. The molecule has 2 atom stereocenters. The lowest BCUT2D eigenvalue weighted by Gasteiger charge is -2.35. The average molecular weight is 296 g/mol. The highest BCUT2D eigenvalue weighted by Crippen LogP contribution is 2.19. The first-order valence-electron chi connectivity index (χ1n) is 6.46. The number of Topliss-reactive ketones (excluding diaryl/α,β-unsaturated/α-hetero) is 2. The minimum absolute atomic E-state index is 0.276. The Morgan fingerprint density at radius 2 is 1.67 bits per heavy atom. The SMILES string of the molecule is COC(CNC1C(=O)C(=O)C1Nc1ccc(F)cc1)OC. The van der Waals surface area contributed by atoms with Crippen LogP contribution in [0.5, 0.6) is 0 Å². The van der Waals surface area contributed by atoms with Gasteiger partial charge in [0.15, 0.2) is 6.29 Å². The number of hydrogen-bond donors (Lipinski definition) is 2. The Labute approximate surface area is 121 Å². The molecule has 1 aliphatic rings. The number of rotatable bonds is 7. The fraction of sp³-hybridized carbons (Fsp3) is 0.429. The monoisotopic (exact) mass is 296 g/mol. The highest BCUT2D eigenvalue weighted by atomic mass is 19.1. The summed E-state index contributed by atoms with van der Waals surface area (Å²) in [5.74, 6) is -1.35. The van der Waals surface area contributed by atoms with Crippen LogP contribution in [0.2, 0.25) is 0 Å². The highest BCUT2D eigenvalue weighted by Gasteiger charge is 2.49. The van der Waals surface area contributed by atoms with Gasteiger partial charge in [-0.3, -0.25) is 14.9 Å². The van der Waals surface area contributed by atoms with Gasteiger partial charge in [-0.1, -0.05) is 0 Å². The zero-order valence-corrected chi connectivity index (χ0v) is 11.8. The molecule has 2 rings (SSSR count). The molecule has 1 aromatic rings. The van der Waals surface area contributed by atoms with E-state index in [0.29, 0.717) is 5.69 Å². The van der Waals surface area contributed by atoms with E-state index >= 15 is 0 Å². The van der Waals surface area contributed by atoms with Crippen LogP contribution in [0.15, 0.2) is 24.3 Å². The van der Waals surface area contributed by atoms with E-state index in [9.17, 15) is 14.0 Å². The molecule has 0 aromatic heterocycles. The van der Waals surface area contributed by atoms with Crippen LogP contribution in [-0.4, -0.2) is 50.7 Å². The maximum absolute atomic E-state index is 12.8. The van der Waals surface area contributed by atoms with Crippen molar-refractivity contribution in [3.05, 3.63) is 30.1 Å². The topological polar surface area (TPSA) is 76.7 Å². The Morgan fingerprint density at radius 1 is 1.10 bits per heavy atom. The minimum Gasteiger partial charge on any atom is -0.373 e. The van der Waals surface area contributed by atoms with E-state index in [0.717, 1.165) is 0 Å². The molecule has 0 saturated heterocycles. The van der Waals surface area contributed by atoms with Gasteiger partial charge in [0, 0.05) is 26.5 Å². The van der Waals surface area contributed by atoms with E-state index in [1.807, 2.05) is 0 Å². The van der Waals surface area contributed by atoms with Crippen molar-refractivity contribution in [3.63, 3.8) is 0 Å². The lowest BCUT2D eigenvalue weighted by molar-refractivity contribution is -0.146. The Hall–Kier alpha value is -1.83. The van der Waals surface area contributed by atoms with Gasteiger partial charge in [0.25, 0.3) is 0 Å². The summed E-state index contributed by atoms with van der Waals surface area (Å²) in [5, 5.41) is 5.84. The summed E-state index contributed by atoms with van der Waals surface area (Å²) in [6.45, 7) is 0.276. The van der Waals surface area contributed by atoms with Crippen LogP contribution in [0.1, 0.15) is 0 Å². The highest BCUT2D eigenvalue weighted by molar-refractivity contribution is 6.49. The lowest BCUT2D eigenvalue weighted by atomic mass is 9.83. The molecule has 0 bridgehead atoms. The van der Waals surface area contributed by atoms with E-state index < -0.39 is 29.9 Å². The Bertz CT molecular complexity index is 516. The molecule has 0 aliphatic heterocycles. The molecule has 1 aliphatic carbocycles. The second-order valence-corrected chi connectivity index (χ2v) is 4.64. The van der Waals surface area contributed by atoms with Gasteiger partial charge >= 0.3 is 0 Å². The summed E-state index contributed by atoms with van der Waals surface area (Å²) in [6, 6.07) is 4.27. The van der Waals surface area contributed by atoms with Gasteiger partial charge in [-0.25, -0.2) is 4.39 Å². The third-order valence-electron chi connectivity index (χ3n) is 3.34. The predicted molar refractivity (Wildman–Crippen MR) is 73.4 cm³/mol. The number of carbonyl (C=O) groups excluding carboxylic acids is 2. The maximum Gasteiger partial charge on any atom is 0.224 e. The van der Waals surface area contributed by atoms with Crippen LogP contribution < -0.4 is 10.6 Å². The minimum atomic E-state index is -0.669. The van der Waals surface area contributed by atoms with Crippen molar-refractivity contribution in [2.75, 3.05) is 26.1 Å². The average Bonchev–Trinajstić information content (AvgIpc) is 2.51. The van der Waals surface area contributed by atoms with Gasteiger partial charge in [-0.15, -0.1) is 0 Å². The summed E-state index contributed by atoms with van der Waals surface area (Å²) in [6.07, 6.45) is -0.500. The molecule has 0 radical (unpaired) electrons. The standard InChI is InChI=1S/C14H17FN2O4/c1-20-10(21-2)7-16-11-12(14(19)13(11)18)17-9-5-3-8(15)4-6-9/h3-6,10-12,16-17H,7H2,1-2H3. The lowest BCUT2D eigenvalue weighted by Crippen LogP contribution is -2.67. The van der Waals surface area contributed by atoms with Crippen molar-refractivity contribution in [1.82, 2.24) is 5.32 Å². The van der Waals surface area contributed by atoms with Crippen molar-refractivity contribution in [3.8, 4) is 0 Å². The molecule has 21 heavy (non-hydrogen) atoms. The quantitative estimate of drug-likeness (QED) is 0.558. The van der Waals surface area contributed by atoms with E-state index in [2.05, 4.69) is 10.6 Å². The van der Waals surface area contributed by atoms with Gasteiger partial charge in [0.2, 0.25) is 11.6 Å². The molecule has 1 aromatic carbocycles. The van der Waals surface area contributed by atoms with Crippen LogP contribution in [0.3, 0.4) is 0 Å². The van der Waals surface area contributed by atoms with Crippen LogP contribution in [-0.2, 0) is 19.1 Å². The van der Waals surface area contributed by atoms with Gasteiger partial charge in [0.1, 0.15) is 17.9 Å². The molecule has 2 unspecified atom stereocenters. The summed E-state index contributed by atoms with van der Waals surface area (Å²) in [5.41, 5.74) is 0.573. The molecule has 0 amide bonds. The zero-order valence-electron chi connectivity index (χ0n) is 11.8. The molecular weight excluding hydrogens is 279 g/mol. The summed E-state index contributed by atoms with van der Waals surface area (Å²) in [7, 11) is 2.97. The number of nitrogens with one attached hydrogen (secondary N) is 2. The van der Waals surface area contributed by atoms with Crippen molar-refractivity contribution < 1.29 is 23.5 Å². The number of halogens is 1. The molecule has 0 spiro atoms. The fourth-order valence-electron chi connectivity index (χ4n) is 2.08. The van der Waals surface area contributed by atoms with E-state index in [4.69, 9.17) is 9.47 Å². The number of hydrogen-bond acceptors (Lipinski definition) is 6. The van der Waals surface area contributed by atoms with Crippen molar-refractivity contribution in [1.29, 1.82) is 0 Å². The van der Waals surface area contributed by atoms with E-state index in [1.54, 1.807) is 0 Å². The third-order valence-corrected chi connectivity index (χ3v) is 3.34. The zero-order chi connectivity index (χ0) is 15.4.